The Kier molecular flexibility index (Phi) is 8.05. The molecule has 0 spiro atoms. The fraction of sp³-hybridized carbons (Fsp3) is 0.300. The molecule has 1 N–H and O–H groups in total. The van der Waals surface area contributed by atoms with Gasteiger partial charge in [-0.25, -0.2) is 9.55 Å². The average Bonchev–Trinajstić information content (AvgIpc) is 3.11. The molecule has 1 aromatic heterocycles. The van der Waals surface area contributed by atoms with Crippen LogP contribution in [-0.2, 0) is 19.8 Å². The number of hydrogen-bond acceptors (Lipinski definition) is 7. The van der Waals surface area contributed by atoms with Crippen molar-refractivity contribution < 1.29 is 36.1 Å². The molecule has 1 amide bonds. The highest BCUT2D eigenvalue weighted by atomic mass is 127. The SMILES string of the molecule is CCOP(=O)(OCC)Oc1c(C)cc(I)cc1C(=O)Nc1nc2ccc(C(F)(F)F)cc2s1. The summed E-state index contributed by atoms with van der Waals surface area (Å²) in [6.07, 6.45) is -4.48. The predicted octanol–water partition coefficient (Wildman–Crippen LogP) is 7.04. The highest BCUT2D eigenvalue weighted by Crippen LogP contribution is 2.51. The van der Waals surface area contributed by atoms with Crippen molar-refractivity contribution in [1.29, 1.82) is 0 Å². The minimum atomic E-state index is -4.48. The van der Waals surface area contributed by atoms with Crippen LogP contribution in [0.4, 0.5) is 18.3 Å². The molecule has 0 aliphatic rings. The molecule has 3 rings (SSSR count). The van der Waals surface area contributed by atoms with Gasteiger partial charge >= 0.3 is 14.0 Å². The summed E-state index contributed by atoms with van der Waals surface area (Å²) in [7, 11) is -3.98. The van der Waals surface area contributed by atoms with E-state index in [0.29, 0.717) is 14.7 Å². The first-order valence-corrected chi connectivity index (χ1v) is 13.0. The summed E-state index contributed by atoms with van der Waals surface area (Å²) in [5, 5.41) is 2.69. The van der Waals surface area contributed by atoms with Crippen molar-refractivity contribution in [2.75, 3.05) is 18.5 Å². The first kappa shape index (κ1) is 25.9. The van der Waals surface area contributed by atoms with E-state index in [1.54, 1.807) is 26.8 Å². The third kappa shape index (κ3) is 6.24. The number of anilines is 1. The Hall–Kier alpha value is -1.73. The van der Waals surface area contributed by atoms with Crippen LogP contribution >= 0.6 is 41.8 Å². The fourth-order valence-electron chi connectivity index (χ4n) is 2.86. The third-order valence-electron chi connectivity index (χ3n) is 4.20. The van der Waals surface area contributed by atoms with Crippen molar-refractivity contribution in [3.8, 4) is 5.75 Å². The summed E-state index contributed by atoms with van der Waals surface area (Å²) < 4.78 is 68.7. The molecule has 0 bridgehead atoms. The third-order valence-corrected chi connectivity index (χ3v) is 7.31. The van der Waals surface area contributed by atoms with Gasteiger partial charge in [0.2, 0.25) is 0 Å². The number of thiazole rings is 1. The Morgan fingerprint density at radius 2 is 1.85 bits per heavy atom. The number of alkyl halides is 3. The van der Waals surface area contributed by atoms with E-state index in [-0.39, 0.29) is 34.4 Å². The number of fused-ring (bicyclic) bond motifs is 1. The number of nitrogens with zero attached hydrogens (tertiary/aromatic N) is 1. The molecule has 178 valence electrons. The van der Waals surface area contributed by atoms with Crippen LogP contribution in [0.1, 0.15) is 35.3 Å². The van der Waals surface area contributed by atoms with E-state index in [9.17, 15) is 22.5 Å². The molecule has 0 fully saturated rings. The summed E-state index contributed by atoms with van der Waals surface area (Å²) in [6.45, 7) is 5.05. The Balaban J connectivity index is 1.94. The highest BCUT2D eigenvalue weighted by molar-refractivity contribution is 14.1. The Morgan fingerprint density at radius 1 is 1.18 bits per heavy atom. The minimum Gasteiger partial charge on any atom is -0.403 e. The standard InChI is InChI=1S/C20H19F3IN2O5PS/c1-4-29-32(28,30-5-2)31-17-11(3)8-13(24)10-14(17)18(27)26-19-25-15-7-6-12(20(21,22)23)9-16(15)33-19/h6-10H,4-5H2,1-3H3,(H,25,26,27). The molecular formula is C20H19F3IN2O5PS. The molecule has 0 unspecified atom stereocenters. The number of carbonyl (C=O) groups excluding carboxylic acids is 1. The zero-order chi connectivity index (χ0) is 24.4. The summed E-state index contributed by atoms with van der Waals surface area (Å²) in [4.78, 5) is 17.2. The largest absolute Gasteiger partial charge is 0.530 e. The van der Waals surface area contributed by atoms with E-state index in [0.717, 1.165) is 23.5 Å². The Labute approximate surface area is 205 Å². The molecule has 0 saturated carbocycles. The molecule has 0 atom stereocenters. The molecule has 33 heavy (non-hydrogen) atoms. The average molecular weight is 614 g/mol. The van der Waals surface area contributed by atoms with Gasteiger partial charge in [0.1, 0.15) is 5.75 Å². The molecule has 0 saturated heterocycles. The molecule has 0 aliphatic heterocycles. The zero-order valence-electron chi connectivity index (χ0n) is 17.7. The van der Waals surface area contributed by atoms with Crippen LogP contribution in [0, 0.1) is 10.5 Å². The van der Waals surface area contributed by atoms with Crippen LogP contribution in [0.5, 0.6) is 5.75 Å². The van der Waals surface area contributed by atoms with Crippen LogP contribution in [0.15, 0.2) is 30.3 Å². The van der Waals surface area contributed by atoms with Gasteiger partial charge in [-0.15, -0.1) is 0 Å². The van der Waals surface area contributed by atoms with Crippen molar-refractivity contribution in [2.45, 2.75) is 26.9 Å². The maximum Gasteiger partial charge on any atom is 0.530 e. The van der Waals surface area contributed by atoms with E-state index in [2.05, 4.69) is 10.3 Å². The molecule has 2 aromatic carbocycles. The first-order valence-electron chi connectivity index (χ1n) is 9.63. The zero-order valence-corrected chi connectivity index (χ0v) is 21.5. The van der Waals surface area contributed by atoms with Gasteiger partial charge in [0.05, 0.1) is 34.6 Å². The number of aryl methyl sites for hydroxylation is 1. The van der Waals surface area contributed by atoms with Gasteiger partial charge in [0.15, 0.2) is 5.13 Å². The summed E-state index contributed by atoms with van der Waals surface area (Å²) in [5.41, 5.74) is 0.0823. The second-order valence-corrected chi connectivity index (χ2v) is 10.5. The highest BCUT2D eigenvalue weighted by Gasteiger charge is 2.32. The number of amides is 1. The van der Waals surface area contributed by atoms with Crippen LogP contribution in [0.2, 0.25) is 0 Å². The summed E-state index contributed by atoms with van der Waals surface area (Å²) >= 11 is 2.92. The number of benzene rings is 2. The summed E-state index contributed by atoms with van der Waals surface area (Å²) in [6, 6.07) is 6.41. The minimum absolute atomic E-state index is 0.0126. The monoisotopic (exact) mass is 614 g/mol. The normalized spacial score (nSPS) is 12.2. The van der Waals surface area contributed by atoms with E-state index in [4.69, 9.17) is 13.6 Å². The molecule has 13 heteroatoms. The van der Waals surface area contributed by atoms with Gasteiger partial charge in [0, 0.05) is 3.57 Å². The molecule has 0 aliphatic carbocycles. The van der Waals surface area contributed by atoms with E-state index >= 15 is 0 Å². The molecule has 0 radical (unpaired) electrons. The van der Waals surface area contributed by atoms with Gasteiger partial charge < -0.3 is 4.52 Å². The van der Waals surface area contributed by atoms with Gasteiger partial charge in [-0.1, -0.05) is 11.3 Å². The van der Waals surface area contributed by atoms with E-state index in [1.165, 1.54) is 12.1 Å². The predicted molar refractivity (Wildman–Crippen MR) is 128 cm³/mol. The smallest absolute Gasteiger partial charge is 0.403 e. The van der Waals surface area contributed by atoms with E-state index in [1.807, 2.05) is 22.6 Å². The van der Waals surface area contributed by atoms with Crippen molar-refractivity contribution in [3.05, 3.63) is 50.6 Å². The molecule has 1 heterocycles. The van der Waals surface area contributed by atoms with Gasteiger partial charge in [-0.3, -0.25) is 19.2 Å². The van der Waals surface area contributed by atoms with Crippen molar-refractivity contribution in [3.63, 3.8) is 0 Å². The molecule has 7 nitrogen and oxygen atoms in total. The van der Waals surface area contributed by atoms with Crippen LogP contribution in [0.25, 0.3) is 10.2 Å². The molecular weight excluding hydrogens is 595 g/mol. The Bertz CT molecular complexity index is 1220. The van der Waals surface area contributed by atoms with Crippen LogP contribution < -0.4 is 9.84 Å². The Morgan fingerprint density at radius 3 is 2.45 bits per heavy atom. The second kappa shape index (κ2) is 10.3. The quantitative estimate of drug-likeness (QED) is 0.217. The number of phosphoric acid groups is 1. The van der Waals surface area contributed by atoms with Crippen LogP contribution in [0.3, 0.4) is 0 Å². The van der Waals surface area contributed by atoms with E-state index < -0.39 is 25.5 Å². The fourth-order valence-corrected chi connectivity index (χ4v) is 5.81. The van der Waals surface area contributed by atoms with Crippen LogP contribution in [-0.4, -0.2) is 24.1 Å². The second-order valence-electron chi connectivity index (χ2n) is 6.63. The number of aromatic nitrogens is 1. The van der Waals surface area contributed by atoms with Gasteiger partial charge in [-0.2, -0.15) is 13.2 Å². The lowest BCUT2D eigenvalue weighted by Gasteiger charge is -2.20. The topological polar surface area (TPSA) is 86.8 Å². The number of hydrogen-bond donors (Lipinski definition) is 1. The molecule has 3 aromatic rings. The first-order chi connectivity index (χ1) is 15.5. The lowest BCUT2D eigenvalue weighted by atomic mass is 10.1. The van der Waals surface area contributed by atoms with Crippen molar-refractivity contribution in [1.82, 2.24) is 4.98 Å². The summed E-state index contributed by atoms with van der Waals surface area (Å²) in [5.74, 6) is -0.625. The number of phosphoric ester groups is 1. The van der Waals surface area contributed by atoms with Crippen molar-refractivity contribution >= 4 is 63.0 Å². The van der Waals surface area contributed by atoms with Gasteiger partial charge in [-0.05, 0) is 79.3 Å². The maximum absolute atomic E-state index is 13.1. The van der Waals surface area contributed by atoms with Gasteiger partial charge in [0.25, 0.3) is 5.91 Å². The number of rotatable bonds is 8. The number of nitrogens with one attached hydrogen (secondary N) is 1. The van der Waals surface area contributed by atoms with Crippen molar-refractivity contribution in [2.24, 2.45) is 0 Å². The number of halogens is 4. The maximum atomic E-state index is 13.1. The number of carbonyl (C=O) groups is 1. The lowest BCUT2D eigenvalue weighted by molar-refractivity contribution is -0.137. The lowest BCUT2D eigenvalue weighted by Crippen LogP contribution is -2.15.